The SMILES string of the molecule is CCOC(=O)Nc1cccc(C(=O)OCC(=O)N(C2CCCC2)C2CCS(=O)(=O)C2)c1. The van der Waals surface area contributed by atoms with Crippen molar-refractivity contribution >= 4 is 33.5 Å². The summed E-state index contributed by atoms with van der Waals surface area (Å²) < 4.78 is 33.9. The molecule has 10 heteroatoms. The zero-order valence-corrected chi connectivity index (χ0v) is 18.4. The molecule has 3 rings (SSSR count). The highest BCUT2D eigenvalue weighted by Crippen LogP contribution is 2.29. The normalized spacial score (nSPS) is 20.2. The Balaban J connectivity index is 1.62. The molecule has 1 saturated heterocycles. The Bertz CT molecular complexity index is 925. The molecule has 1 aromatic rings. The van der Waals surface area contributed by atoms with Crippen molar-refractivity contribution in [2.75, 3.05) is 30.0 Å². The number of amides is 2. The maximum atomic E-state index is 12.9. The fourth-order valence-electron chi connectivity index (χ4n) is 4.18. The summed E-state index contributed by atoms with van der Waals surface area (Å²) in [7, 11) is -3.14. The van der Waals surface area contributed by atoms with Crippen molar-refractivity contribution in [3.05, 3.63) is 29.8 Å². The van der Waals surface area contributed by atoms with Gasteiger partial charge in [-0.15, -0.1) is 0 Å². The number of nitrogens with zero attached hydrogens (tertiary/aromatic N) is 1. The fourth-order valence-corrected chi connectivity index (χ4v) is 5.89. The van der Waals surface area contributed by atoms with Crippen LogP contribution < -0.4 is 5.32 Å². The number of carbonyl (C=O) groups excluding carboxylic acids is 3. The molecule has 1 aliphatic carbocycles. The van der Waals surface area contributed by atoms with E-state index in [9.17, 15) is 22.8 Å². The third-order valence-corrected chi connectivity index (χ3v) is 7.31. The van der Waals surface area contributed by atoms with Crippen molar-refractivity contribution < 1.29 is 32.3 Å². The first-order valence-corrected chi connectivity index (χ1v) is 12.3. The molecule has 2 amide bonds. The number of rotatable bonds is 7. The summed E-state index contributed by atoms with van der Waals surface area (Å²) in [4.78, 5) is 38.6. The Labute approximate surface area is 182 Å². The van der Waals surface area contributed by atoms with Gasteiger partial charge >= 0.3 is 12.1 Å². The van der Waals surface area contributed by atoms with Gasteiger partial charge in [0, 0.05) is 17.8 Å². The van der Waals surface area contributed by atoms with Crippen molar-refractivity contribution in [1.82, 2.24) is 4.90 Å². The van der Waals surface area contributed by atoms with Crippen LogP contribution in [0.4, 0.5) is 10.5 Å². The predicted octanol–water partition coefficient (Wildman–Crippen LogP) is 2.37. The van der Waals surface area contributed by atoms with E-state index in [2.05, 4.69) is 5.32 Å². The second-order valence-electron chi connectivity index (χ2n) is 7.80. The monoisotopic (exact) mass is 452 g/mol. The molecule has 0 radical (unpaired) electrons. The number of anilines is 1. The van der Waals surface area contributed by atoms with E-state index in [4.69, 9.17) is 9.47 Å². The second-order valence-corrected chi connectivity index (χ2v) is 10.0. The lowest BCUT2D eigenvalue weighted by molar-refractivity contribution is -0.139. The lowest BCUT2D eigenvalue weighted by atomic mass is 10.1. The Morgan fingerprint density at radius 2 is 1.84 bits per heavy atom. The van der Waals surface area contributed by atoms with Crippen LogP contribution in [0.3, 0.4) is 0 Å². The number of ether oxygens (including phenoxy) is 2. The highest BCUT2D eigenvalue weighted by atomic mass is 32.2. The van der Waals surface area contributed by atoms with Gasteiger partial charge in [0.2, 0.25) is 0 Å². The standard InChI is InChI=1S/C21H28N2O7S/c1-2-29-21(26)22-16-7-5-6-15(12-16)20(25)30-13-19(24)23(17-8-3-4-9-17)18-10-11-31(27,28)14-18/h5-7,12,17-18H,2-4,8-11,13-14H2,1H3,(H,22,26). The van der Waals surface area contributed by atoms with Crippen LogP contribution in [0.2, 0.25) is 0 Å². The van der Waals surface area contributed by atoms with Gasteiger partial charge in [-0.05, 0) is 44.4 Å². The van der Waals surface area contributed by atoms with Gasteiger partial charge in [0.1, 0.15) is 0 Å². The fraction of sp³-hybridized carbons (Fsp3) is 0.571. The van der Waals surface area contributed by atoms with Crippen LogP contribution >= 0.6 is 0 Å². The highest BCUT2D eigenvalue weighted by Gasteiger charge is 2.39. The molecule has 9 nitrogen and oxygen atoms in total. The number of sulfone groups is 1. The molecule has 1 aliphatic heterocycles. The molecule has 0 bridgehead atoms. The molecule has 1 unspecified atom stereocenters. The van der Waals surface area contributed by atoms with E-state index in [0.29, 0.717) is 12.1 Å². The van der Waals surface area contributed by atoms with E-state index in [1.165, 1.54) is 12.1 Å². The molecule has 0 aromatic heterocycles. The molecule has 1 atom stereocenters. The molecule has 2 aliphatic rings. The molecule has 170 valence electrons. The minimum Gasteiger partial charge on any atom is -0.452 e. The summed E-state index contributed by atoms with van der Waals surface area (Å²) >= 11 is 0. The number of carbonyl (C=O) groups is 3. The Hall–Kier alpha value is -2.62. The van der Waals surface area contributed by atoms with E-state index in [1.807, 2.05) is 0 Å². The predicted molar refractivity (Wildman–Crippen MR) is 114 cm³/mol. The summed E-state index contributed by atoms with van der Waals surface area (Å²) in [6.07, 6.45) is 3.43. The van der Waals surface area contributed by atoms with Gasteiger partial charge in [-0.1, -0.05) is 18.9 Å². The maximum absolute atomic E-state index is 12.9. The molecular formula is C21H28N2O7S. The third kappa shape index (κ3) is 6.19. The minimum absolute atomic E-state index is 0.0124. The average molecular weight is 453 g/mol. The first kappa shape index (κ1) is 23.1. The van der Waals surface area contributed by atoms with Crippen LogP contribution in [0, 0.1) is 0 Å². The number of hydrogen-bond acceptors (Lipinski definition) is 7. The molecule has 1 saturated carbocycles. The van der Waals surface area contributed by atoms with Crippen LogP contribution in [-0.4, -0.2) is 68.1 Å². The molecule has 1 aromatic carbocycles. The first-order chi connectivity index (χ1) is 14.8. The number of esters is 1. The minimum atomic E-state index is -3.14. The van der Waals surface area contributed by atoms with Gasteiger partial charge in [-0.25, -0.2) is 18.0 Å². The molecule has 1 N–H and O–H groups in total. The molecule has 2 fully saturated rings. The summed E-state index contributed by atoms with van der Waals surface area (Å²) in [6, 6.07) is 5.75. The van der Waals surface area contributed by atoms with Crippen molar-refractivity contribution in [2.45, 2.75) is 51.1 Å². The smallest absolute Gasteiger partial charge is 0.411 e. The number of hydrogen-bond donors (Lipinski definition) is 1. The van der Waals surface area contributed by atoms with Crippen LogP contribution in [0.5, 0.6) is 0 Å². The van der Waals surface area contributed by atoms with E-state index in [-0.39, 0.29) is 41.7 Å². The van der Waals surface area contributed by atoms with Crippen LogP contribution in [-0.2, 0) is 24.1 Å². The van der Waals surface area contributed by atoms with E-state index >= 15 is 0 Å². The summed E-state index contributed by atoms with van der Waals surface area (Å²) in [6.45, 7) is 1.44. The van der Waals surface area contributed by atoms with Crippen LogP contribution in [0.25, 0.3) is 0 Å². The number of benzene rings is 1. The Morgan fingerprint density at radius 1 is 1.10 bits per heavy atom. The van der Waals surface area contributed by atoms with Gasteiger partial charge in [0.15, 0.2) is 16.4 Å². The lowest BCUT2D eigenvalue weighted by Crippen LogP contribution is -2.48. The van der Waals surface area contributed by atoms with E-state index < -0.39 is 28.5 Å². The Kier molecular flexibility index (Phi) is 7.53. The largest absolute Gasteiger partial charge is 0.452 e. The summed E-state index contributed by atoms with van der Waals surface area (Å²) in [5.74, 6) is -1.03. The second kappa shape index (κ2) is 10.1. The quantitative estimate of drug-likeness (QED) is 0.631. The average Bonchev–Trinajstić information content (AvgIpc) is 3.36. The van der Waals surface area contributed by atoms with Crippen LogP contribution in [0.15, 0.2) is 24.3 Å². The topological polar surface area (TPSA) is 119 Å². The van der Waals surface area contributed by atoms with Gasteiger partial charge in [0.05, 0.1) is 23.7 Å². The van der Waals surface area contributed by atoms with E-state index in [0.717, 1.165) is 25.7 Å². The Morgan fingerprint density at radius 3 is 2.48 bits per heavy atom. The molecular weight excluding hydrogens is 424 g/mol. The molecule has 0 spiro atoms. The zero-order chi connectivity index (χ0) is 22.4. The number of nitrogens with one attached hydrogen (secondary N) is 1. The molecule has 1 heterocycles. The van der Waals surface area contributed by atoms with Gasteiger partial charge in [-0.2, -0.15) is 0 Å². The van der Waals surface area contributed by atoms with Gasteiger partial charge in [0.25, 0.3) is 5.91 Å². The van der Waals surface area contributed by atoms with Gasteiger partial charge < -0.3 is 14.4 Å². The third-order valence-electron chi connectivity index (χ3n) is 5.55. The zero-order valence-electron chi connectivity index (χ0n) is 17.5. The van der Waals surface area contributed by atoms with Crippen LogP contribution in [0.1, 0.15) is 49.4 Å². The van der Waals surface area contributed by atoms with Gasteiger partial charge in [-0.3, -0.25) is 10.1 Å². The molecule has 31 heavy (non-hydrogen) atoms. The highest BCUT2D eigenvalue weighted by molar-refractivity contribution is 7.91. The maximum Gasteiger partial charge on any atom is 0.411 e. The van der Waals surface area contributed by atoms with Crippen molar-refractivity contribution in [2.24, 2.45) is 0 Å². The van der Waals surface area contributed by atoms with Crippen molar-refractivity contribution in [3.63, 3.8) is 0 Å². The van der Waals surface area contributed by atoms with Crippen molar-refractivity contribution in [3.8, 4) is 0 Å². The van der Waals surface area contributed by atoms with Crippen molar-refractivity contribution in [1.29, 1.82) is 0 Å². The van der Waals surface area contributed by atoms with E-state index in [1.54, 1.807) is 24.0 Å². The summed E-state index contributed by atoms with van der Waals surface area (Å²) in [5, 5.41) is 2.50. The summed E-state index contributed by atoms with van der Waals surface area (Å²) in [5.41, 5.74) is 0.543. The first-order valence-electron chi connectivity index (χ1n) is 10.5. The lowest BCUT2D eigenvalue weighted by Gasteiger charge is -2.33.